The molecule has 0 radical (unpaired) electrons. The minimum absolute atomic E-state index is 0.0558. The first-order chi connectivity index (χ1) is 14.9. The first-order valence-electron chi connectivity index (χ1n) is 9.56. The van der Waals surface area contributed by atoms with Crippen LogP contribution >= 0.6 is 15.9 Å². The summed E-state index contributed by atoms with van der Waals surface area (Å²) in [5.41, 5.74) is 1.40. The van der Waals surface area contributed by atoms with Gasteiger partial charge in [0.05, 0.1) is 64.8 Å². The molecule has 0 aliphatic carbocycles. The van der Waals surface area contributed by atoms with Gasteiger partial charge in [0, 0.05) is 6.07 Å². The molecule has 9 heteroatoms. The number of halogens is 1. The third kappa shape index (κ3) is 5.66. The number of esters is 1. The molecule has 0 aliphatic heterocycles. The van der Waals surface area contributed by atoms with Crippen molar-refractivity contribution in [2.75, 3.05) is 47.5 Å². The van der Waals surface area contributed by atoms with Gasteiger partial charge in [0.15, 0.2) is 11.5 Å². The third-order valence-corrected chi connectivity index (χ3v) is 5.41. The van der Waals surface area contributed by atoms with Crippen molar-refractivity contribution in [1.29, 1.82) is 0 Å². The van der Waals surface area contributed by atoms with Crippen LogP contribution in [0.4, 0.5) is 5.69 Å². The second kappa shape index (κ2) is 11.5. The molecule has 0 heterocycles. The smallest absolute Gasteiger partial charge is 0.308 e. The molecule has 1 N–H and O–H groups in total. The van der Waals surface area contributed by atoms with Crippen molar-refractivity contribution >= 4 is 27.6 Å². The van der Waals surface area contributed by atoms with Crippen LogP contribution in [0.1, 0.15) is 24.9 Å². The molecule has 0 aliphatic rings. The van der Waals surface area contributed by atoms with Crippen molar-refractivity contribution < 1.29 is 33.2 Å². The molecule has 1 unspecified atom stereocenters. The maximum absolute atomic E-state index is 12.4. The lowest BCUT2D eigenvalue weighted by Crippen LogP contribution is -2.18. The Bertz CT molecular complexity index is 904. The SMILES string of the molecule is CCOC(=O)CC(Nc1ccc(OC)cc1OC)c1cc(OC)c(OC)c(OC)c1Br. The van der Waals surface area contributed by atoms with E-state index in [1.165, 1.54) is 21.3 Å². The molecule has 0 bridgehead atoms. The standard InChI is InChI=1S/C22H28BrNO7/c1-7-31-19(25)12-16(24-15-9-8-13(26-2)10-17(15)27-3)14-11-18(28-4)21(29-5)22(30-6)20(14)23/h8-11,16,24H,7,12H2,1-6H3. The van der Waals surface area contributed by atoms with Gasteiger partial charge in [-0.1, -0.05) is 0 Å². The first-order valence-corrected chi connectivity index (χ1v) is 10.4. The van der Waals surface area contributed by atoms with Gasteiger partial charge in [0.1, 0.15) is 11.5 Å². The summed E-state index contributed by atoms with van der Waals surface area (Å²) in [7, 11) is 7.75. The molecule has 2 rings (SSSR count). The van der Waals surface area contributed by atoms with Crippen LogP contribution in [-0.2, 0) is 9.53 Å². The van der Waals surface area contributed by atoms with Gasteiger partial charge in [-0.05, 0) is 46.6 Å². The Morgan fingerprint density at radius 2 is 1.61 bits per heavy atom. The molecule has 0 saturated heterocycles. The van der Waals surface area contributed by atoms with Crippen molar-refractivity contribution in [3.05, 3.63) is 34.3 Å². The zero-order chi connectivity index (χ0) is 23.0. The predicted octanol–water partition coefficient (Wildman–Crippen LogP) is 4.60. The van der Waals surface area contributed by atoms with Crippen molar-refractivity contribution in [3.63, 3.8) is 0 Å². The molecule has 8 nitrogen and oxygen atoms in total. The van der Waals surface area contributed by atoms with E-state index in [-0.39, 0.29) is 19.0 Å². The average Bonchev–Trinajstić information content (AvgIpc) is 2.78. The largest absolute Gasteiger partial charge is 0.497 e. The summed E-state index contributed by atoms with van der Waals surface area (Å²) >= 11 is 3.59. The summed E-state index contributed by atoms with van der Waals surface area (Å²) in [5, 5.41) is 3.37. The average molecular weight is 498 g/mol. The van der Waals surface area contributed by atoms with Gasteiger partial charge in [-0.3, -0.25) is 4.79 Å². The van der Waals surface area contributed by atoms with E-state index in [1.807, 2.05) is 6.07 Å². The number of benzene rings is 2. The Labute approximate surface area is 190 Å². The van der Waals surface area contributed by atoms with Crippen LogP contribution in [0, 0.1) is 0 Å². The Balaban J connectivity index is 2.58. The fourth-order valence-electron chi connectivity index (χ4n) is 3.12. The molecule has 0 fully saturated rings. The van der Waals surface area contributed by atoms with Crippen LogP contribution in [0.3, 0.4) is 0 Å². The molecule has 1 atom stereocenters. The molecule has 2 aromatic carbocycles. The molecule has 0 saturated carbocycles. The van der Waals surface area contributed by atoms with E-state index in [0.717, 1.165) is 5.56 Å². The summed E-state index contributed by atoms with van der Waals surface area (Å²) in [6.45, 7) is 2.05. The van der Waals surface area contributed by atoms with Crippen molar-refractivity contribution in [1.82, 2.24) is 0 Å². The van der Waals surface area contributed by atoms with Gasteiger partial charge in [0.25, 0.3) is 0 Å². The highest BCUT2D eigenvalue weighted by Gasteiger charge is 2.27. The number of rotatable bonds is 11. The number of carbonyl (C=O) groups excluding carboxylic acids is 1. The topological polar surface area (TPSA) is 84.5 Å². The maximum atomic E-state index is 12.4. The van der Waals surface area contributed by atoms with Crippen LogP contribution in [0.25, 0.3) is 0 Å². The van der Waals surface area contributed by atoms with Gasteiger partial charge >= 0.3 is 5.97 Å². The van der Waals surface area contributed by atoms with Gasteiger partial charge < -0.3 is 33.7 Å². The fourth-order valence-corrected chi connectivity index (χ4v) is 3.86. The number of hydrogen-bond donors (Lipinski definition) is 1. The van der Waals surface area contributed by atoms with Gasteiger partial charge in [-0.2, -0.15) is 0 Å². The number of nitrogens with one attached hydrogen (secondary N) is 1. The van der Waals surface area contributed by atoms with Crippen LogP contribution in [0.5, 0.6) is 28.7 Å². The Morgan fingerprint density at radius 3 is 2.16 bits per heavy atom. The van der Waals surface area contributed by atoms with E-state index in [0.29, 0.717) is 38.9 Å². The van der Waals surface area contributed by atoms with Crippen LogP contribution in [0.2, 0.25) is 0 Å². The monoisotopic (exact) mass is 497 g/mol. The second-order valence-electron chi connectivity index (χ2n) is 6.32. The summed E-state index contributed by atoms with van der Waals surface area (Å²) < 4.78 is 33.1. The number of methoxy groups -OCH3 is 5. The maximum Gasteiger partial charge on any atom is 0.308 e. The third-order valence-electron chi connectivity index (χ3n) is 4.59. The highest BCUT2D eigenvalue weighted by molar-refractivity contribution is 9.10. The Morgan fingerprint density at radius 1 is 0.935 bits per heavy atom. The lowest BCUT2D eigenvalue weighted by Gasteiger charge is -2.25. The molecular formula is C22H28BrNO7. The lowest BCUT2D eigenvalue weighted by atomic mass is 10.0. The second-order valence-corrected chi connectivity index (χ2v) is 7.11. The number of hydrogen-bond acceptors (Lipinski definition) is 8. The number of ether oxygens (including phenoxy) is 6. The quantitative estimate of drug-likeness (QED) is 0.451. The Hall–Kier alpha value is -2.81. The van der Waals surface area contributed by atoms with E-state index < -0.39 is 6.04 Å². The molecular weight excluding hydrogens is 470 g/mol. The highest BCUT2D eigenvalue weighted by atomic mass is 79.9. The summed E-state index contributed by atoms with van der Waals surface area (Å²) in [6, 6.07) is 6.68. The lowest BCUT2D eigenvalue weighted by molar-refractivity contribution is -0.143. The zero-order valence-corrected chi connectivity index (χ0v) is 20.1. The molecule has 0 aromatic heterocycles. The minimum atomic E-state index is -0.496. The summed E-state index contributed by atoms with van der Waals surface area (Å²) in [4.78, 5) is 12.4. The number of carbonyl (C=O) groups is 1. The highest BCUT2D eigenvalue weighted by Crippen LogP contribution is 2.47. The predicted molar refractivity (Wildman–Crippen MR) is 121 cm³/mol. The van der Waals surface area contributed by atoms with E-state index in [4.69, 9.17) is 28.4 Å². The van der Waals surface area contributed by atoms with Gasteiger partial charge in [0.2, 0.25) is 5.75 Å². The van der Waals surface area contributed by atoms with Crippen molar-refractivity contribution in [3.8, 4) is 28.7 Å². The van der Waals surface area contributed by atoms with Crippen LogP contribution in [-0.4, -0.2) is 48.1 Å². The molecule has 0 spiro atoms. The van der Waals surface area contributed by atoms with E-state index >= 15 is 0 Å². The van der Waals surface area contributed by atoms with Crippen LogP contribution in [0.15, 0.2) is 28.7 Å². The summed E-state index contributed by atoms with van der Waals surface area (Å²) in [5.74, 6) is 2.23. The normalized spacial score (nSPS) is 11.3. The first kappa shape index (κ1) is 24.5. The van der Waals surface area contributed by atoms with Crippen molar-refractivity contribution in [2.45, 2.75) is 19.4 Å². The molecule has 2 aromatic rings. The van der Waals surface area contributed by atoms with E-state index in [9.17, 15) is 4.79 Å². The number of anilines is 1. The fraction of sp³-hybridized carbons (Fsp3) is 0.409. The van der Waals surface area contributed by atoms with Crippen molar-refractivity contribution in [2.24, 2.45) is 0 Å². The zero-order valence-electron chi connectivity index (χ0n) is 18.5. The van der Waals surface area contributed by atoms with Gasteiger partial charge in [-0.25, -0.2) is 0 Å². The molecule has 0 amide bonds. The van der Waals surface area contributed by atoms with Crippen LogP contribution < -0.4 is 29.0 Å². The molecule has 170 valence electrons. The molecule has 31 heavy (non-hydrogen) atoms. The Kier molecular flexibility index (Phi) is 9.11. The minimum Gasteiger partial charge on any atom is -0.497 e. The van der Waals surface area contributed by atoms with E-state index in [2.05, 4.69) is 21.2 Å². The summed E-state index contributed by atoms with van der Waals surface area (Å²) in [6.07, 6.45) is 0.0558. The van der Waals surface area contributed by atoms with Gasteiger partial charge in [-0.15, -0.1) is 0 Å². The van der Waals surface area contributed by atoms with E-state index in [1.54, 1.807) is 39.3 Å².